The van der Waals surface area contributed by atoms with Crippen LogP contribution in [0.15, 0.2) is 36.4 Å². The van der Waals surface area contributed by atoms with Crippen LogP contribution in [0, 0.1) is 29.6 Å². The third-order valence-corrected chi connectivity index (χ3v) is 6.67. The zero-order chi connectivity index (χ0) is 23.9. The zero-order valence-corrected chi connectivity index (χ0v) is 18.9. The molecule has 2 N–H and O–H groups in total. The summed E-state index contributed by atoms with van der Waals surface area (Å²) in [6.45, 7) is 2.73. The number of halogens is 1. The molecule has 4 rings (SSSR count). The van der Waals surface area contributed by atoms with E-state index in [1.165, 1.54) is 24.3 Å². The lowest BCUT2D eigenvalue weighted by Crippen LogP contribution is -2.50. The summed E-state index contributed by atoms with van der Waals surface area (Å²) in [7, 11) is 0. The average Bonchev–Trinajstić information content (AvgIpc) is 3.46. The first-order valence-electron chi connectivity index (χ1n) is 10.8. The molecular weight excluding hydrogens is 450 g/mol. The first-order valence-corrected chi connectivity index (χ1v) is 11.1. The number of nitrogens with zero attached hydrogens (tertiary/aromatic N) is 1. The maximum absolute atomic E-state index is 13.0. The summed E-state index contributed by atoms with van der Waals surface area (Å²) in [5.41, 5.74) is 4.64. The Balaban J connectivity index is 1.33. The summed E-state index contributed by atoms with van der Waals surface area (Å²) >= 11 is 5.77. The molecule has 0 radical (unpaired) electrons. The third-order valence-electron chi connectivity index (χ3n) is 6.42. The second-order valence-corrected chi connectivity index (χ2v) is 9.29. The fraction of sp³-hybridized carbons (Fsp3) is 0.435. The van der Waals surface area contributed by atoms with Gasteiger partial charge in [0.1, 0.15) is 6.04 Å². The van der Waals surface area contributed by atoms with Crippen molar-refractivity contribution in [1.29, 1.82) is 0 Å². The second kappa shape index (κ2) is 8.97. The lowest BCUT2D eigenvalue weighted by Gasteiger charge is -2.28. The Labute approximate surface area is 195 Å². The third kappa shape index (κ3) is 4.25. The van der Waals surface area contributed by atoms with E-state index in [1.54, 1.807) is 13.8 Å². The molecule has 5 atom stereocenters. The summed E-state index contributed by atoms with van der Waals surface area (Å²) in [5, 5.41) is 0.463. The number of ether oxygens (including phenoxy) is 1. The van der Waals surface area contributed by atoms with Crippen LogP contribution < -0.4 is 10.9 Å². The Morgan fingerprint density at radius 2 is 1.61 bits per heavy atom. The zero-order valence-electron chi connectivity index (χ0n) is 18.1. The van der Waals surface area contributed by atoms with Crippen LogP contribution in [0.2, 0.25) is 5.02 Å². The van der Waals surface area contributed by atoms with Crippen LogP contribution in [0.1, 0.15) is 30.6 Å². The van der Waals surface area contributed by atoms with Gasteiger partial charge in [-0.2, -0.15) is 0 Å². The van der Waals surface area contributed by atoms with Crippen molar-refractivity contribution < 1.29 is 28.7 Å². The number of hydrazine groups is 1. The Kier molecular flexibility index (Phi) is 6.25. The van der Waals surface area contributed by atoms with Crippen molar-refractivity contribution in [3.8, 4) is 0 Å². The van der Waals surface area contributed by atoms with Gasteiger partial charge in [-0.1, -0.05) is 37.6 Å². The van der Waals surface area contributed by atoms with Crippen molar-refractivity contribution >= 4 is 41.2 Å². The van der Waals surface area contributed by atoms with Gasteiger partial charge in [-0.25, -0.2) is 4.79 Å². The molecule has 3 aliphatic rings. The molecule has 2 bridgehead atoms. The molecule has 33 heavy (non-hydrogen) atoms. The molecule has 1 aromatic carbocycles. The number of rotatable bonds is 6. The maximum atomic E-state index is 13.0. The Morgan fingerprint density at radius 1 is 1.03 bits per heavy atom. The number of likely N-dealkylation sites (tertiary alicyclic amines) is 1. The monoisotopic (exact) mass is 473 g/mol. The Morgan fingerprint density at radius 3 is 2.15 bits per heavy atom. The second-order valence-electron chi connectivity index (χ2n) is 8.85. The first-order chi connectivity index (χ1) is 15.7. The number of esters is 1. The van der Waals surface area contributed by atoms with Gasteiger partial charge in [0.15, 0.2) is 6.61 Å². The van der Waals surface area contributed by atoms with Crippen molar-refractivity contribution in [3.63, 3.8) is 0 Å². The number of hydrogen-bond acceptors (Lipinski definition) is 6. The average molecular weight is 474 g/mol. The minimum absolute atomic E-state index is 0.0281. The van der Waals surface area contributed by atoms with E-state index < -0.39 is 48.2 Å². The summed E-state index contributed by atoms with van der Waals surface area (Å²) in [6, 6.07) is 4.91. The fourth-order valence-corrected chi connectivity index (χ4v) is 5.06. The van der Waals surface area contributed by atoms with E-state index in [0.29, 0.717) is 5.02 Å². The predicted molar refractivity (Wildman–Crippen MR) is 116 cm³/mol. The lowest BCUT2D eigenvalue weighted by atomic mass is 9.85. The number of carbonyl (C=O) groups is 5. The minimum atomic E-state index is -1.12. The van der Waals surface area contributed by atoms with E-state index in [0.717, 1.165) is 11.3 Å². The quantitative estimate of drug-likeness (QED) is 0.279. The predicted octanol–water partition coefficient (Wildman–Crippen LogP) is 1.48. The van der Waals surface area contributed by atoms with Gasteiger partial charge >= 0.3 is 5.97 Å². The molecule has 4 amide bonds. The van der Waals surface area contributed by atoms with E-state index in [9.17, 15) is 24.0 Å². The highest BCUT2D eigenvalue weighted by molar-refractivity contribution is 6.30. The van der Waals surface area contributed by atoms with Crippen molar-refractivity contribution in [3.05, 3.63) is 47.0 Å². The SMILES string of the molecule is CC(C)[C@@H](C(=O)OCC(=O)NNC(=O)c1ccc(Cl)cc1)N1C(=O)[C@@H]2[C@H](C1=O)[C@H]1C=C[C@H]2C1. The van der Waals surface area contributed by atoms with Gasteiger partial charge in [-0.05, 0) is 48.4 Å². The number of allylic oxidation sites excluding steroid dienone is 2. The van der Waals surface area contributed by atoms with Crippen LogP contribution in [0.5, 0.6) is 0 Å². The number of imide groups is 1. The van der Waals surface area contributed by atoms with Gasteiger partial charge in [-0.3, -0.25) is 34.9 Å². The van der Waals surface area contributed by atoms with Crippen molar-refractivity contribution in [2.45, 2.75) is 26.3 Å². The van der Waals surface area contributed by atoms with E-state index >= 15 is 0 Å². The van der Waals surface area contributed by atoms with E-state index in [-0.39, 0.29) is 29.2 Å². The standard InChI is InChI=1S/C23H24ClN3O6/c1-11(2)19(27-21(30)17-13-3-4-14(9-13)18(17)22(27)31)23(32)33-10-16(28)25-26-20(29)12-5-7-15(24)8-6-12/h3-8,11,13-14,17-19H,9-10H2,1-2H3,(H,25,28)(H,26,29)/t13-,14-,17-,18+,19-/m0/s1. The molecule has 1 heterocycles. The molecule has 1 aromatic rings. The van der Waals surface area contributed by atoms with Crippen LogP contribution in [0.25, 0.3) is 0 Å². The van der Waals surface area contributed by atoms with E-state index in [2.05, 4.69) is 10.9 Å². The molecule has 2 fully saturated rings. The number of carbonyl (C=O) groups excluding carboxylic acids is 5. The molecule has 0 spiro atoms. The number of nitrogens with one attached hydrogen (secondary N) is 2. The molecule has 0 aromatic heterocycles. The molecule has 9 nitrogen and oxygen atoms in total. The molecule has 10 heteroatoms. The van der Waals surface area contributed by atoms with Gasteiger partial charge in [-0.15, -0.1) is 0 Å². The Bertz CT molecular complexity index is 1010. The van der Waals surface area contributed by atoms with Gasteiger partial charge < -0.3 is 4.74 Å². The highest BCUT2D eigenvalue weighted by Crippen LogP contribution is 2.53. The lowest BCUT2D eigenvalue weighted by molar-refractivity contribution is -0.162. The van der Waals surface area contributed by atoms with Crippen molar-refractivity contribution in [2.75, 3.05) is 6.61 Å². The summed E-state index contributed by atoms with van der Waals surface area (Å²) in [4.78, 5) is 64.0. The molecule has 0 unspecified atom stereocenters. The molecular formula is C23H24ClN3O6. The van der Waals surface area contributed by atoms with Gasteiger partial charge in [0, 0.05) is 10.6 Å². The van der Waals surface area contributed by atoms with Crippen LogP contribution >= 0.6 is 11.6 Å². The molecule has 174 valence electrons. The highest BCUT2D eigenvalue weighted by Gasteiger charge is 2.61. The highest BCUT2D eigenvalue weighted by atomic mass is 35.5. The molecule has 2 aliphatic carbocycles. The van der Waals surface area contributed by atoms with Crippen molar-refractivity contribution in [2.24, 2.45) is 29.6 Å². The maximum Gasteiger partial charge on any atom is 0.330 e. The minimum Gasteiger partial charge on any atom is -0.454 e. The van der Waals surface area contributed by atoms with E-state index in [1.807, 2.05) is 12.2 Å². The van der Waals surface area contributed by atoms with E-state index in [4.69, 9.17) is 16.3 Å². The fourth-order valence-electron chi connectivity index (χ4n) is 4.93. The number of amides is 4. The van der Waals surface area contributed by atoms with Crippen LogP contribution in [-0.4, -0.2) is 47.1 Å². The first kappa shape index (κ1) is 23.0. The normalized spacial score (nSPS) is 25.9. The molecule has 1 saturated heterocycles. The number of hydrogen-bond donors (Lipinski definition) is 2. The smallest absolute Gasteiger partial charge is 0.330 e. The number of benzene rings is 1. The topological polar surface area (TPSA) is 122 Å². The number of fused-ring (bicyclic) bond motifs is 5. The van der Waals surface area contributed by atoms with Crippen LogP contribution in [-0.2, 0) is 23.9 Å². The van der Waals surface area contributed by atoms with Crippen LogP contribution in [0.4, 0.5) is 0 Å². The molecule has 1 saturated carbocycles. The van der Waals surface area contributed by atoms with Gasteiger partial charge in [0.05, 0.1) is 11.8 Å². The largest absolute Gasteiger partial charge is 0.454 e. The summed E-state index contributed by atoms with van der Waals surface area (Å²) in [5.74, 6) is -4.08. The van der Waals surface area contributed by atoms with Gasteiger partial charge in [0.2, 0.25) is 11.8 Å². The Hall–Kier alpha value is -3.20. The van der Waals surface area contributed by atoms with Crippen molar-refractivity contribution in [1.82, 2.24) is 15.8 Å². The molecule has 1 aliphatic heterocycles. The van der Waals surface area contributed by atoms with Crippen LogP contribution in [0.3, 0.4) is 0 Å². The summed E-state index contributed by atoms with van der Waals surface area (Å²) < 4.78 is 5.10. The summed E-state index contributed by atoms with van der Waals surface area (Å²) in [6.07, 6.45) is 4.75. The van der Waals surface area contributed by atoms with Gasteiger partial charge in [0.25, 0.3) is 11.8 Å².